The fraction of sp³-hybridized carbons (Fsp3) is 0.167. The molecule has 0 bridgehead atoms. The first-order valence-electron chi connectivity index (χ1n) is 7.90. The third-order valence-corrected chi connectivity index (χ3v) is 4.12. The quantitative estimate of drug-likeness (QED) is 0.590. The minimum Gasteiger partial charge on any atom is -0.497 e. The summed E-state index contributed by atoms with van der Waals surface area (Å²) in [6, 6.07) is 12.7. The van der Waals surface area contributed by atoms with Gasteiger partial charge in [-0.3, -0.25) is 4.79 Å². The Morgan fingerprint density at radius 1 is 1.19 bits per heavy atom. The standard InChI is InChI=1S/C18H16FN3O4S/c1-24-14-3-2-4-15(9-14)25-10-17-21-22-18(26-17)27-11-16(23)20-13-7-5-12(19)6-8-13/h2-9H,10-11H2,1H3,(H,20,23). The van der Waals surface area contributed by atoms with Crippen LogP contribution < -0.4 is 14.8 Å². The maximum absolute atomic E-state index is 12.8. The Kier molecular flexibility index (Phi) is 6.26. The molecule has 1 N–H and O–H groups in total. The van der Waals surface area contributed by atoms with Crippen LogP contribution >= 0.6 is 11.8 Å². The Morgan fingerprint density at radius 2 is 1.96 bits per heavy atom. The van der Waals surface area contributed by atoms with Crippen LogP contribution in [0.25, 0.3) is 0 Å². The molecule has 0 aliphatic heterocycles. The predicted molar refractivity (Wildman–Crippen MR) is 97.4 cm³/mol. The largest absolute Gasteiger partial charge is 0.497 e. The van der Waals surface area contributed by atoms with Crippen molar-refractivity contribution in [2.24, 2.45) is 0 Å². The van der Waals surface area contributed by atoms with E-state index in [4.69, 9.17) is 13.9 Å². The Balaban J connectivity index is 1.46. The first kappa shape index (κ1) is 18.7. The highest BCUT2D eigenvalue weighted by Gasteiger charge is 2.11. The van der Waals surface area contributed by atoms with Crippen molar-refractivity contribution < 1.29 is 23.1 Å². The number of carbonyl (C=O) groups is 1. The summed E-state index contributed by atoms with van der Waals surface area (Å²) < 4.78 is 29.0. The highest BCUT2D eigenvalue weighted by Crippen LogP contribution is 2.21. The van der Waals surface area contributed by atoms with E-state index in [1.54, 1.807) is 19.2 Å². The van der Waals surface area contributed by atoms with Crippen molar-refractivity contribution in [3.05, 3.63) is 60.2 Å². The zero-order valence-corrected chi connectivity index (χ0v) is 15.2. The molecule has 1 amide bonds. The average molecular weight is 389 g/mol. The molecular formula is C18H16FN3O4S. The molecule has 0 aliphatic carbocycles. The van der Waals surface area contributed by atoms with Crippen LogP contribution in [0.3, 0.4) is 0 Å². The molecule has 1 aromatic heterocycles. The van der Waals surface area contributed by atoms with Gasteiger partial charge in [0.15, 0.2) is 6.61 Å². The fourth-order valence-corrected chi connectivity index (χ4v) is 2.63. The lowest BCUT2D eigenvalue weighted by Crippen LogP contribution is -2.13. The number of aromatic nitrogens is 2. The van der Waals surface area contributed by atoms with Gasteiger partial charge in [0.2, 0.25) is 5.91 Å². The van der Waals surface area contributed by atoms with E-state index in [0.717, 1.165) is 11.8 Å². The van der Waals surface area contributed by atoms with E-state index in [2.05, 4.69) is 15.5 Å². The Hall–Kier alpha value is -3.07. The summed E-state index contributed by atoms with van der Waals surface area (Å²) in [5, 5.41) is 10.7. The van der Waals surface area contributed by atoms with Gasteiger partial charge in [0, 0.05) is 11.8 Å². The molecule has 0 spiro atoms. The van der Waals surface area contributed by atoms with E-state index < -0.39 is 0 Å². The molecule has 2 aromatic carbocycles. The molecule has 0 aliphatic rings. The first-order valence-corrected chi connectivity index (χ1v) is 8.88. The van der Waals surface area contributed by atoms with E-state index in [0.29, 0.717) is 23.1 Å². The van der Waals surface area contributed by atoms with Gasteiger partial charge in [-0.15, -0.1) is 10.2 Å². The van der Waals surface area contributed by atoms with Crippen LogP contribution in [0.2, 0.25) is 0 Å². The van der Waals surface area contributed by atoms with Crippen molar-refractivity contribution in [1.82, 2.24) is 10.2 Å². The molecule has 3 aromatic rings. The number of ether oxygens (including phenoxy) is 2. The van der Waals surface area contributed by atoms with Gasteiger partial charge in [0.1, 0.15) is 17.3 Å². The minimum absolute atomic E-state index is 0.0791. The molecule has 140 valence electrons. The topological polar surface area (TPSA) is 86.5 Å². The van der Waals surface area contributed by atoms with Gasteiger partial charge in [-0.25, -0.2) is 4.39 Å². The molecule has 1 heterocycles. The van der Waals surface area contributed by atoms with Gasteiger partial charge in [-0.2, -0.15) is 0 Å². The zero-order chi connectivity index (χ0) is 19.1. The number of nitrogens with one attached hydrogen (secondary N) is 1. The van der Waals surface area contributed by atoms with Gasteiger partial charge in [-0.05, 0) is 36.4 Å². The number of rotatable bonds is 8. The lowest BCUT2D eigenvalue weighted by molar-refractivity contribution is -0.113. The van der Waals surface area contributed by atoms with Crippen molar-refractivity contribution in [2.75, 3.05) is 18.2 Å². The second kappa shape index (κ2) is 9.04. The summed E-state index contributed by atoms with van der Waals surface area (Å²) in [6.45, 7) is 0.0997. The third-order valence-electron chi connectivity index (χ3n) is 3.31. The van der Waals surface area contributed by atoms with Crippen molar-refractivity contribution >= 4 is 23.4 Å². The molecule has 0 unspecified atom stereocenters. The van der Waals surface area contributed by atoms with Gasteiger partial charge < -0.3 is 19.2 Å². The second-order valence-electron chi connectivity index (χ2n) is 5.27. The number of halogens is 1. The molecule has 27 heavy (non-hydrogen) atoms. The van der Waals surface area contributed by atoms with Crippen molar-refractivity contribution in [3.8, 4) is 11.5 Å². The molecule has 0 radical (unpaired) electrons. The number of hydrogen-bond acceptors (Lipinski definition) is 7. The van der Waals surface area contributed by atoms with E-state index in [1.807, 2.05) is 12.1 Å². The van der Waals surface area contributed by atoms with Crippen LogP contribution in [0, 0.1) is 5.82 Å². The molecule has 7 nitrogen and oxygen atoms in total. The SMILES string of the molecule is COc1cccc(OCc2nnc(SCC(=O)Nc3ccc(F)cc3)o2)c1. The minimum atomic E-state index is -0.364. The third kappa shape index (κ3) is 5.71. The number of thioether (sulfide) groups is 1. The lowest BCUT2D eigenvalue weighted by atomic mass is 10.3. The summed E-state index contributed by atoms with van der Waals surface area (Å²) in [4.78, 5) is 11.9. The van der Waals surface area contributed by atoms with Gasteiger partial charge in [-0.1, -0.05) is 17.8 Å². The Morgan fingerprint density at radius 3 is 2.74 bits per heavy atom. The maximum atomic E-state index is 12.8. The van der Waals surface area contributed by atoms with Crippen LogP contribution in [-0.2, 0) is 11.4 Å². The van der Waals surface area contributed by atoms with Crippen LogP contribution in [-0.4, -0.2) is 29.0 Å². The fourth-order valence-electron chi connectivity index (χ4n) is 2.05. The number of anilines is 1. The molecule has 0 atom stereocenters. The molecule has 0 fully saturated rings. The summed E-state index contributed by atoms with van der Waals surface area (Å²) in [5.41, 5.74) is 0.514. The highest BCUT2D eigenvalue weighted by atomic mass is 32.2. The predicted octanol–water partition coefficient (Wildman–Crippen LogP) is 3.53. The number of methoxy groups -OCH3 is 1. The molecular weight excluding hydrogens is 373 g/mol. The Bertz CT molecular complexity index is 902. The first-order chi connectivity index (χ1) is 13.1. The highest BCUT2D eigenvalue weighted by molar-refractivity contribution is 7.99. The second-order valence-corrected chi connectivity index (χ2v) is 6.20. The molecule has 0 saturated carbocycles. The van der Waals surface area contributed by atoms with Gasteiger partial charge in [0.05, 0.1) is 12.9 Å². The molecule has 3 rings (SSSR count). The van der Waals surface area contributed by atoms with Crippen LogP contribution in [0.15, 0.2) is 58.2 Å². The van der Waals surface area contributed by atoms with Gasteiger partial charge >= 0.3 is 0 Å². The number of hydrogen-bond donors (Lipinski definition) is 1. The van der Waals surface area contributed by atoms with E-state index >= 15 is 0 Å². The van der Waals surface area contributed by atoms with Crippen molar-refractivity contribution in [2.45, 2.75) is 11.8 Å². The normalized spacial score (nSPS) is 10.4. The average Bonchev–Trinajstić information content (AvgIpc) is 3.15. The number of benzene rings is 2. The maximum Gasteiger partial charge on any atom is 0.277 e. The van der Waals surface area contributed by atoms with E-state index in [1.165, 1.54) is 24.3 Å². The number of nitrogens with zero attached hydrogens (tertiary/aromatic N) is 2. The number of carbonyl (C=O) groups excluding carboxylic acids is 1. The monoisotopic (exact) mass is 389 g/mol. The Labute approximate surface area is 158 Å². The smallest absolute Gasteiger partial charge is 0.277 e. The van der Waals surface area contributed by atoms with Crippen LogP contribution in [0.5, 0.6) is 11.5 Å². The van der Waals surface area contributed by atoms with E-state index in [-0.39, 0.29) is 29.3 Å². The van der Waals surface area contributed by atoms with E-state index in [9.17, 15) is 9.18 Å². The summed E-state index contributed by atoms with van der Waals surface area (Å²) in [5.74, 6) is 1.03. The van der Waals surface area contributed by atoms with Gasteiger partial charge in [0.25, 0.3) is 11.1 Å². The summed E-state index contributed by atoms with van der Waals surface area (Å²) >= 11 is 1.10. The molecule has 0 saturated heterocycles. The molecule has 9 heteroatoms. The number of amides is 1. The van der Waals surface area contributed by atoms with Crippen LogP contribution in [0.1, 0.15) is 5.89 Å². The summed E-state index contributed by atoms with van der Waals surface area (Å²) in [6.07, 6.45) is 0. The van der Waals surface area contributed by atoms with Crippen LogP contribution in [0.4, 0.5) is 10.1 Å². The zero-order valence-electron chi connectivity index (χ0n) is 14.3. The summed E-state index contributed by atoms with van der Waals surface area (Å²) in [7, 11) is 1.58. The lowest BCUT2D eigenvalue weighted by Gasteiger charge is -2.05. The van der Waals surface area contributed by atoms with Crippen molar-refractivity contribution in [3.63, 3.8) is 0 Å². The van der Waals surface area contributed by atoms with Crippen molar-refractivity contribution in [1.29, 1.82) is 0 Å².